The SMILES string of the molecule is CC(C)(C)OC(=O)COC(=O)/C=C/c1ccc(Cl)c([N+](=O)[O-])c1. The maximum absolute atomic E-state index is 11.5. The predicted octanol–water partition coefficient (Wildman–Crippen LogP) is 3.15. The van der Waals surface area contributed by atoms with Crippen LogP contribution in [0.1, 0.15) is 26.3 Å². The summed E-state index contributed by atoms with van der Waals surface area (Å²) in [5.74, 6) is -1.44. The molecule has 0 unspecified atom stereocenters. The summed E-state index contributed by atoms with van der Waals surface area (Å²) in [6.07, 6.45) is 2.37. The molecule has 1 aromatic carbocycles. The Labute approximate surface area is 138 Å². The van der Waals surface area contributed by atoms with Crippen molar-refractivity contribution in [3.05, 3.63) is 45.0 Å². The second-order valence-electron chi connectivity index (χ2n) is 5.50. The zero-order valence-corrected chi connectivity index (χ0v) is 13.6. The molecule has 0 aliphatic carbocycles. The smallest absolute Gasteiger partial charge is 0.344 e. The maximum Gasteiger partial charge on any atom is 0.344 e. The lowest BCUT2D eigenvalue weighted by Gasteiger charge is -2.19. The molecule has 1 aromatic rings. The minimum atomic E-state index is -0.770. The van der Waals surface area contributed by atoms with Crippen molar-refractivity contribution in [3.63, 3.8) is 0 Å². The van der Waals surface area contributed by atoms with Gasteiger partial charge in [-0.2, -0.15) is 0 Å². The standard InChI is InChI=1S/C15H16ClNO6/c1-15(2,3)23-14(19)9-22-13(18)7-5-10-4-6-11(16)12(8-10)17(20)21/h4-8H,9H2,1-3H3/b7-5+. The van der Waals surface area contributed by atoms with Crippen molar-refractivity contribution >= 4 is 35.3 Å². The molecule has 23 heavy (non-hydrogen) atoms. The Kier molecular flexibility index (Phi) is 6.27. The Balaban J connectivity index is 2.61. The molecular weight excluding hydrogens is 326 g/mol. The Hall–Kier alpha value is -2.41. The third kappa shape index (κ3) is 6.92. The first-order valence-electron chi connectivity index (χ1n) is 6.59. The van der Waals surface area contributed by atoms with Gasteiger partial charge in [0.15, 0.2) is 6.61 Å². The molecule has 8 heteroatoms. The van der Waals surface area contributed by atoms with Gasteiger partial charge in [0.25, 0.3) is 5.69 Å². The number of carbonyl (C=O) groups is 2. The largest absolute Gasteiger partial charge is 0.457 e. The molecule has 0 spiro atoms. The predicted molar refractivity (Wildman–Crippen MR) is 83.9 cm³/mol. The lowest BCUT2D eigenvalue weighted by molar-refractivity contribution is -0.384. The van der Waals surface area contributed by atoms with Crippen LogP contribution >= 0.6 is 11.6 Å². The topological polar surface area (TPSA) is 95.7 Å². The van der Waals surface area contributed by atoms with E-state index < -0.39 is 29.1 Å². The normalized spacial score (nSPS) is 11.3. The van der Waals surface area contributed by atoms with E-state index in [0.29, 0.717) is 5.56 Å². The number of nitro benzene ring substituents is 1. The number of hydrogen-bond donors (Lipinski definition) is 0. The molecule has 0 N–H and O–H groups in total. The summed E-state index contributed by atoms with van der Waals surface area (Å²) in [6, 6.07) is 4.08. The Bertz CT molecular complexity index is 648. The van der Waals surface area contributed by atoms with Gasteiger partial charge >= 0.3 is 11.9 Å². The van der Waals surface area contributed by atoms with Gasteiger partial charge in [-0.1, -0.05) is 17.7 Å². The average Bonchev–Trinajstić information content (AvgIpc) is 2.42. The minimum absolute atomic E-state index is 0.000322. The highest BCUT2D eigenvalue weighted by atomic mass is 35.5. The van der Waals surface area contributed by atoms with E-state index in [1.54, 1.807) is 20.8 Å². The maximum atomic E-state index is 11.5. The number of ether oxygens (including phenoxy) is 2. The van der Waals surface area contributed by atoms with Gasteiger partial charge in [0.1, 0.15) is 10.6 Å². The van der Waals surface area contributed by atoms with Crippen LogP contribution in [0, 0.1) is 10.1 Å². The number of nitrogens with zero attached hydrogens (tertiary/aromatic N) is 1. The number of benzene rings is 1. The van der Waals surface area contributed by atoms with Gasteiger partial charge < -0.3 is 9.47 Å². The molecule has 7 nitrogen and oxygen atoms in total. The van der Waals surface area contributed by atoms with Crippen LogP contribution in [-0.4, -0.2) is 29.1 Å². The zero-order chi connectivity index (χ0) is 17.6. The molecule has 0 aliphatic heterocycles. The highest BCUT2D eigenvalue weighted by Gasteiger charge is 2.17. The van der Waals surface area contributed by atoms with E-state index in [4.69, 9.17) is 21.1 Å². The van der Waals surface area contributed by atoms with Gasteiger partial charge in [0, 0.05) is 12.1 Å². The van der Waals surface area contributed by atoms with Crippen LogP contribution in [0.15, 0.2) is 24.3 Å². The van der Waals surface area contributed by atoms with Gasteiger partial charge in [-0.3, -0.25) is 10.1 Å². The average molecular weight is 342 g/mol. The third-order valence-electron chi connectivity index (χ3n) is 2.33. The molecule has 0 amide bonds. The first kappa shape index (κ1) is 18.6. The van der Waals surface area contributed by atoms with Crippen LogP contribution < -0.4 is 0 Å². The summed E-state index contributed by atoms with van der Waals surface area (Å²) in [7, 11) is 0. The van der Waals surface area contributed by atoms with Crippen LogP contribution in [0.4, 0.5) is 5.69 Å². The van der Waals surface area contributed by atoms with Gasteiger partial charge in [-0.05, 0) is 38.5 Å². The highest BCUT2D eigenvalue weighted by molar-refractivity contribution is 6.32. The molecular formula is C15H16ClNO6. The van der Waals surface area contributed by atoms with Crippen LogP contribution in [-0.2, 0) is 19.1 Å². The summed E-state index contributed by atoms with van der Waals surface area (Å²) in [5.41, 5.74) is -0.534. The van der Waals surface area contributed by atoms with E-state index in [0.717, 1.165) is 6.08 Å². The molecule has 124 valence electrons. The lowest BCUT2D eigenvalue weighted by Crippen LogP contribution is -2.27. The van der Waals surface area contributed by atoms with Crippen LogP contribution in [0.25, 0.3) is 6.08 Å². The van der Waals surface area contributed by atoms with Gasteiger partial charge in [0.2, 0.25) is 0 Å². The van der Waals surface area contributed by atoms with Crippen molar-refractivity contribution in [1.29, 1.82) is 0 Å². The fourth-order valence-electron chi connectivity index (χ4n) is 1.49. The molecule has 0 radical (unpaired) electrons. The summed E-state index contributed by atoms with van der Waals surface area (Å²) < 4.78 is 9.69. The van der Waals surface area contributed by atoms with Gasteiger partial charge in [0.05, 0.1) is 4.92 Å². The molecule has 0 saturated carbocycles. The van der Waals surface area contributed by atoms with Crippen molar-refractivity contribution in [2.45, 2.75) is 26.4 Å². The van der Waals surface area contributed by atoms with Crippen molar-refractivity contribution < 1.29 is 24.0 Å². The molecule has 0 bridgehead atoms. The van der Waals surface area contributed by atoms with E-state index in [1.807, 2.05) is 0 Å². The number of nitro groups is 1. The second kappa shape index (κ2) is 7.73. The monoisotopic (exact) mass is 341 g/mol. The summed E-state index contributed by atoms with van der Waals surface area (Å²) in [6.45, 7) is 4.57. The van der Waals surface area contributed by atoms with Crippen molar-refractivity contribution in [2.24, 2.45) is 0 Å². The van der Waals surface area contributed by atoms with Gasteiger partial charge in [-0.15, -0.1) is 0 Å². The molecule has 1 rings (SSSR count). The molecule has 0 fully saturated rings. The minimum Gasteiger partial charge on any atom is -0.457 e. The first-order chi connectivity index (χ1) is 10.6. The van der Waals surface area contributed by atoms with Crippen LogP contribution in [0.5, 0.6) is 0 Å². The van der Waals surface area contributed by atoms with Crippen molar-refractivity contribution in [1.82, 2.24) is 0 Å². The van der Waals surface area contributed by atoms with E-state index in [2.05, 4.69) is 0 Å². The van der Waals surface area contributed by atoms with Crippen molar-refractivity contribution in [2.75, 3.05) is 6.61 Å². The zero-order valence-electron chi connectivity index (χ0n) is 12.9. The highest BCUT2D eigenvalue weighted by Crippen LogP contribution is 2.25. The Morgan fingerprint density at radius 3 is 2.57 bits per heavy atom. The molecule has 0 atom stereocenters. The van der Waals surface area contributed by atoms with Crippen molar-refractivity contribution in [3.8, 4) is 0 Å². The fraction of sp³-hybridized carbons (Fsp3) is 0.333. The van der Waals surface area contributed by atoms with Crippen LogP contribution in [0.3, 0.4) is 0 Å². The number of hydrogen-bond acceptors (Lipinski definition) is 6. The quantitative estimate of drug-likeness (QED) is 0.353. The molecule has 0 heterocycles. The fourth-order valence-corrected chi connectivity index (χ4v) is 1.67. The molecule has 0 saturated heterocycles. The van der Waals surface area contributed by atoms with E-state index in [9.17, 15) is 19.7 Å². The third-order valence-corrected chi connectivity index (χ3v) is 2.65. The summed E-state index contributed by atoms with van der Waals surface area (Å²) in [4.78, 5) is 33.0. The van der Waals surface area contributed by atoms with Crippen LogP contribution in [0.2, 0.25) is 5.02 Å². The van der Waals surface area contributed by atoms with E-state index in [-0.39, 0.29) is 10.7 Å². The van der Waals surface area contributed by atoms with E-state index >= 15 is 0 Å². The Morgan fingerprint density at radius 1 is 1.35 bits per heavy atom. The van der Waals surface area contributed by atoms with E-state index in [1.165, 1.54) is 24.3 Å². The molecule has 0 aromatic heterocycles. The second-order valence-corrected chi connectivity index (χ2v) is 5.90. The number of carbonyl (C=O) groups excluding carboxylic acids is 2. The lowest BCUT2D eigenvalue weighted by atomic mass is 10.2. The number of esters is 2. The summed E-state index contributed by atoms with van der Waals surface area (Å²) in [5, 5.41) is 10.8. The number of rotatable bonds is 5. The Morgan fingerprint density at radius 2 is 2.00 bits per heavy atom. The number of halogens is 1. The summed E-state index contributed by atoms with van der Waals surface area (Å²) >= 11 is 5.68. The van der Waals surface area contributed by atoms with Gasteiger partial charge in [-0.25, -0.2) is 9.59 Å². The first-order valence-corrected chi connectivity index (χ1v) is 6.97. The molecule has 0 aliphatic rings.